The maximum Gasteiger partial charge on any atom is 0.433 e. The SMILES string of the molecule is COc1ccc(C(F)(F)F)nc1[C@H]1CC2(CCCCCCN[C@H]2c2ccccc2)OC1=O. The number of alkyl halides is 3. The number of methoxy groups -OCH3 is 1. The second kappa shape index (κ2) is 9.10. The van der Waals surface area contributed by atoms with E-state index in [2.05, 4.69) is 10.3 Å². The molecule has 0 amide bonds. The monoisotopic (exact) mass is 448 g/mol. The standard InChI is InChI=1S/C24H27F3N2O3/c1-31-18-11-12-19(24(25,26)27)29-20(18)17-15-23(32-22(17)30)13-7-2-3-8-14-28-21(23)16-9-5-4-6-10-16/h4-6,9-12,17,21,28H,2-3,7-8,13-15H2,1H3/t17-,21+,23?/m1/s1. The molecule has 1 spiro atoms. The predicted octanol–water partition coefficient (Wildman–Crippen LogP) is 5.17. The van der Waals surface area contributed by atoms with Crippen molar-refractivity contribution in [3.63, 3.8) is 0 Å². The van der Waals surface area contributed by atoms with Gasteiger partial charge in [0.1, 0.15) is 23.0 Å². The van der Waals surface area contributed by atoms with Crippen molar-refractivity contribution in [1.82, 2.24) is 10.3 Å². The molecule has 0 radical (unpaired) electrons. The van der Waals surface area contributed by atoms with E-state index in [1.54, 1.807) is 0 Å². The molecule has 1 unspecified atom stereocenters. The number of halogens is 3. The van der Waals surface area contributed by atoms with Crippen LogP contribution in [0.25, 0.3) is 0 Å². The maximum absolute atomic E-state index is 13.3. The van der Waals surface area contributed by atoms with Crippen LogP contribution in [0.15, 0.2) is 42.5 Å². The van der Waals surface area contributed by atoms with Crippen LogP contribution in [0.2, 0.25) is 0 Å². The predicted molar refractivity (Wildman–Crippen MR) is 112 cm³/mol. The van der Waals surface area contributed by atoms with Crippen LogP contribution in [0, 0.1) is 0 Å². The Kier molecular flexibility index (Phi) is 6.42. The Morgan fingerprint density at radius 3 is 2.56 bits per heavy atom. The Labute approximate surface area is 185 Å². The van der Waals surface area contributed by atoms with E-state index in [1.807, 2.05) is 30.3 Å². The third-order valence-corrected chi connectivity index (χ3v) is 6.40. The van der Waals surface area contributed by atoms with Crippen LogP contribution < -0.4 is 10.1 Å². The van der Waals surface area contributed by atoms with Crippen LogP contribution in [0.4, 0.5) is 13.2 Å². The lowest BCUT2D eigenvalue weighted by Gasteiger charge is -2.37. The summed E-state index contributed by atoms with van der Waals surface area (Å²) in [6.45, 7) is 0.772. The molecule has 8 heteroatoms. The highest BCUT2D eigenvalue weighted by Crippen LogP contribution is 2.49. The number of aromatic nitrogens is 1. The highest BCUT2D eigenvalue weighted by Gasteiger charge is 2.53. The number of rotatable bonds is 3. The molecule has 4 rings (SSSR count). The first-order valence-corrected chi connectivity index (χ1v) is 11.0. The summed E-state index contributed by atoms with van der Waals surface area (Å²) >= 11 is 0. The molecule has 0 aliphatic carbocycles. The summed E-state index contributed by atoms with van der Waals surface area (Å²) < 4.78 is 51.3. The first-order chi connectivity index (χ1) is 15.3. The Bertz CT molecular complexity index is 951. The molecule has 2 fully saturated rings. The smallest absolute Gasteiger partial charge is 0.433 e. The molecule has 2 aromatic rings. The number of nitrogens with zero attached hydrogens (tertiary/aromatic N) is 1. The minimum absolute atomic E-state index is 0.0177. The van der Waals surface area contributed by atoms with Crippen LogP contribution in [0.1, 0.15) is 67.4 Å². The summed E-state index contributed by atoms with van der Waals surface area (Å²) in [6, 6.07) is 11.6. The largest absolute Gasteiger partial charge is 0.495 e. The molecular weight excluding hydrogens is 421 g/mol. The fourth-order valence-corrected chi connectivity index (χ4v) is 4.87. The maximum atomic E-state index is 13.3. The Balaban J connectivity index is 1.75. The van der Waals surface area contributed by atoms with Gasteiger partial charge in [0, 0.05) is 6.42 Å². The lowest BCUT2D eigenvalue weighted by Crippen LogP contribution is -2.44. The number of nitrogens with one attached hydrogen (secondary N) is 1. The number of pyridine rings is 1. The number of hydrogen-bond donors (Lipinski definition) is 1. The summed E-state index contributed by atoms with van der Waals surface area (Å²) in [4.78, 5) is 16.9. The second-order valence-corrected chi connectivity index (χ2v) is 8.49. The minimum atomic E-state index is -4.62. The first kappa shape index (κ1) is 22.6. The quantitative estimate of drug-likeness (QED) is 0.657. The van der Waals surface area contributed by atoms with Crippen LogP contribution in [0.5, 0.6) is 5.75 Å². The molecule has 1 aromatic carbocycles. The zero-order valence-corrected chi connectivity index (χ0v) is 18.0. The van der Waals surface area contributed by atoms with Gasteiger partial charge < -0.3 is 14.8 Å². The van der Waals surface area contributed by atoms with Gasteiger partial charge in [-0.1, -0.05) is 43.2 Å². The summed E-state index contributed by atoms with van der Waals surface area (Å²) in [7, 11) is 1.36. The zero-order valence-electron chi connectivity index (χ0n) is 18.0. The summed E-state index contributed by atoms with van der Waals surface area (Å²) in [5.41, 5.74) is -0.939. The number of carbonyl (C=O) groups is 1. The van der Waals surface area contributed by atoms with Crippen LogP contribution in [0.3, 0.4) is 0 Å². The van der Waals surface area contributed by atoms with Crippen LogP contribution in [-0.2, 0) is 15.7 Å². The Hall–Kier alpha value is -2.61. The molecule has 172 valence electrons. The first-order valence-electron chi connectivity index (χ1n) is 11.0. The van der Waals surface area contributed by atoms with Crippen molar-refractivity contribution >= 4 is 5.97 Å². The molecule has 0 saturated carbocycles. The number of hydrogen-bond acceptors (Lipinski definition) is 5. The van der Waals surface area contributed by atoms with E-state index >= 15 is 0 Å². The lowest BCUT2D eigenvalue weighted by atomic mass is 9.79. The fraction of sp³-hybridized carbons (Fsp3) is 0.500. The third kappa shape index (κ3) is 4.46. The lowest BCUT2D eigenvalue weighted by molar-refractivity contribution is -0.153. The number of esters is 1. The van der Waals surface area contributed by atoms with Crippen molar-refractivity contribution in [1.29, 1.82) is 0 Å². The van der Waals surface area contributed by atoms with Crippen LogP contribution in [-0.4, -0.2) is 30.2 Å². The molecule has 2 aliphatic rings. The van der Waals surface area contributed by atoms with E-state index in [0.717, 1.165) is 43.9 Å². The molecular formula is C24H27F3N2O3. The van der Waals surface area contributed by atoms with Crippen LogP contribution >= 0.6 is 0 Å². The summed E-state index contributed by atoms with van der Waals surface area (Å²) in [6.07, 6.45) is 0.223. The Morgan fingerprint density at radius 2 is 1.84 bits per heavy atom. The van der Waals surface area contributed by atoms with Gasteiger partial charge >= 0.3 is 12.1 Å². The highest BCUT2D eigenvalue weighted by atomic mass is 19.4. The van der Waals surface area contributed by atoms with Crippen molar-refractivity contribution in [2.45, 2.75) is 62.3 Å². The van der Waals surface area contributed by atoms with Crippen molar-refractivity contribution in [2.24, 2.45) is 0 Å². The number of carbonyl (C=O) groups excluding carboxylic acids is 1. The van der Waals surface area contributed by atoms with Gasteiger partial charge in [-0.05, 0) is 43.5 Å². The van der Waals surface area contributed by atoms with E-state index in [4.69, 9.17) is 9.47 Å². The van der Waals surface area contributed by atoms with E-state index in [1.165, 1.54) is 13.2 Å². The average molecular weight is 448 g/mol. The van der Waals surface area contributed by atoms with Crippen molar-refractivity contribution in [3.8, 4) is 5.75 Å². The normalized spacial score (nSPS) is 26.8. The van der Waals surface area contributed by atoms with Gasteiger partial charge in [0.25, 0.3) is 0 Å². The highest BCUT2D eigenvalue weighted by molar-refractivity contribution is 5.81. The molecule has 3 atom stereocenters. The molecule has 3 heterocycles. The molecule has 2 aliphatic heterocycles. The molecule has 1 aromatic heterocycles. The van der Waals surface area contributed by atoms with Crippen molar-refractivity contribution < 1.29 is 27.4 Å². The molecule has 2 saturated heterocycles. The fourth-order valence-electron chi connectivity index (χ4n) is 4.87. The average Bonchev–Trinajstić information content (AvgIpc) is 3.15. The topological polar surface area (TPSA) is 60.4 Å². The van der Waals surface area contributed by atoms with E-state index in [-0.39, 0.29) is 23.9 Å². The summed E-state index contributed by atoms with van der Waals surface area (Å²) in [5.74, 6) is -1.33. The van der Waals surface area contributed by atoms with Gasteiger partial charge in [-0.25, -0.2) is 4.98 Å². The molecule has 5 nitrogen and oxygen atoms in total. The van der Waals surface area contributed by atoms with Gasteiger partial charge in [0.15, 0.2) is 0 Å². The van der Waals surface area contributed by atoms with Gasteiger partial charge in [0.2, 0.25) is 0 Å². The third-order valence-electron chi connectivity index (χ3n) is 6.40. The van der Waals surface area contributed by atoms with Crippen molar-refractivity contribution in [3.05, 3.63) is 59.4 Å². The number of ether oxygens (including phenoxy) is 2. The Morgan fingerprint density at radius 1 is 1.09 bits per heavy atom. The van der Waals surface area contributed by atoms with Gasteiger partial charge in [-0.3, -0.25) is 4.79 Å². The van der Waals surface area contributed by atoms with Crippen molar-refractivity contribution in [2.75, 3.05) is 13.7 Å². The minimum Gasteiger partial charge on any atom is -0.495 e. The molecule has 1 N–H and O–H groups in total. The van der Waals surface area contributed by atoms with Gasteiger partial charge in [-0.2, -0.15) is 13.2 Å². The van der Waals surface area contributed by atoms with E-state index < -0.39 is 29.4 Å². The molecule has 32 heavy (non-hydrogen) atoms. The van der Waals surface area contributed by atoms with Gasteiger partial charge in [-0.15, -0.1) is 0 Å². The van der Waals surface area contributed by atoms with Gasteiger partial charge in [0.05, 0.1) is 18.8 Å². The number of benzene rings is 1. The van der Waals surface area contributed by atoms with E-state index in [0.29, 0.717) is 6.42 Å². The van der Waals surface area contributed by atoms with E-state index in [9.17, 15) is 18.0 Å². The zero-order chi connectivity index (χ0) is 22.8. The summed E-state index contributed by atoms with van der Waals surface area (Å²) in [5, 5.41) is 3.56. The second-order valence-electron chi connectivity index (χ2n) is 8.49. The molecule has 0 bridgehead atoms.